The highest BCUT2D eigenvalue weighted by Gasteiger charge is 2.38. The van der Waals surface area contributed by atoms with Crippen molar-refractivity contribution in [1.82, 2.24) is 14.7 Å². The SMILES string of the molecule is CCc1nc2ccc(Cl)cn2c1C(=O)NCc1ccc(N2CCC3(CC2)CCN(c2ccc(C(F)(F)F)cc2)CC3)cc1. The number of hydrogen-bond acceptors (Lipinski definition) is 4. The third kappa shape index (κ3) is 6.18. The summed E-state index contributed by atoms with van der Waals surface area (Å²) in [5, 5.41) is 3.59. The number of pyridine rings is 1. The van der Waals surface area contributed by atoms with Crippen LogP contribution in [-0.4, -0.2) is 41.5 Å². The summed E-state index contributed by atoms with van der Waals surface area (Å²) in [5.41, 5.74) is 4.71. The lowest BCUT2D eigenvalue weighted by Crippen LogP contribution is -2.47. The molecule has 0 atom stereocenters. The fourth-order valence-corrected chi connectivity index (χ4v) is 6.65. The van der Waals surface area contributed by atoms with Gasteiger partial charge in [0.05, 0.1) is 16.3 Å². The van der Waals surface area contributed by atoms with Crippen molar-refractivity contribution in [2.24, 2.45) is 5.41 Å². The van der Waals surface area contributed by atoms with Gasteiger partial charge in [-0.3, -0.25) is 9.20 Å². The van der Waals surface area contributed by atoms with E-state index in [1.165, 1.54) is 17.8 Å². The maximum atomic E-state index is 13.1. The van der Waals surface area contributed by atoms with Crippen molar-refractivity contribution in [1.29, 1.82) is 0 Å². The summed E-state index contributed by atoms with van der Waals surface area (Å²) < 4.78 is 40.5. The zero-order chi connectivity index (χ0) is 30.2. The molecule has 0 aliphatic carbocycles. The van der Waals surface area contributed by atoms with Gasteiger partial charge in [0, 0.05) is 50.3 Å². The summed E-state index contributed by atoms with van der Waals surface area (Å²) in [7, 11) is 0. The molecule has 2 fully saturated rings. The zero-order valence-electron chi connectivity index (χ0n) is 24.1. The molecule has 4 aromatic rings. The first-order valence-corrected chi connectivity index (χ1v) is 15.2. The highest BCUT2D eigenvalue weighted by Crippen LogP contribution is 2.43. The maximum Gasteiger partial charge on any atom is 0.416 e. The molecule has 226 valence electrons. The first-order chi connectivity index (χ1) is 20.6. The molecule has 2 aromatic carbocycles. The number of piperidine rings is 2. The molecule has 0 unspecified atom stereocenters. The number of amides is 1. The third-order valence-corrected chi connectivity index (χ3v) is 9.39. The summed E-state index contributed by atoms with van der Waals surface area (Å²) in [6, 6.07) is 17.5. The van der Waals surface area contributed by atoms with Crippen LogP contribution in [0.2, 0.25) is 5.02 Å². The quantitative estimate of drug-likeness (QED) is 0.248. The van der Waals surface area contributed by atoms with E-state index in [0.717, 1.165) is 68.8 Å². The average molecular weight is 610 g/mol. The Morgan fingerprint density at radius 3 is 1.98 bits per heavy atom. The van der Waals surface area contributed by atoms with Crippen LogP contribution in [0.5, 0.6) is 0 Å². The molecular formula is C33H35ClF3N5O. The van der Waals surface area contributed by atoms with Gasteiger partial charge in [0.1, 0.15) is 11.3 Å². The first kappa shape index (κ1) is 29.4. The van der Waals surface area contributed by atoms with Crippen LogP contribution in [0.3, 0.4) is 0 Å². The van der Waals surface area contributed by atoms with Crippen LogP contribution >= 0.6 is 11.6 Å². The molecule has 10 heteroatoms. The fourth-order valence-electron chi connectivity index (χ4n) is 6.48. The second-order valence-electron chi connectivity index (χ2n) is 11.7. The van der Waals surface area contributed by atoms with E-state index in [1.807, 2.05) is 13.0 Å². The van der Waals surface area contributed by atoms with E-state index < -0.39 is 11.7 Å². The first-order valence-electron chi connectivity index (χ1n) is 14.8. The molecular weight excluding hydrogens is 575 g/mol. The molecule has 0 bridgehead atoms. The highest BCUT2D eigenvalue weighted by atomic mass is 35.5. The van der Waals surface area contributed by atoms with Crippen LogP contribution in [0.1, 0.15) is 59.9 Å². The van der Waals surface area contributed by atoms with Gasteiger partial charge < -0.3 is 15.1 Å². The van der Waals surface area contributed by atoms with Gasteiger partial charge in [-0.15, -0.1) is 0 Å². The van der Waals surface area contributed by atoms with Crippen molar-refractivity contribution in [3.63, 3.8) is 0 Å². The number of fused-ring (bicyclic) bond motifs is 1. The van der Waals surface area contributed by atoms with Gasteiger partial charge in [0.15, 0.2) is 0 Å². The molecule has 2 aliphatic heterocycles. The van der Waals surface area contributed by atoms with Crippen LogP contribution in [-0.2, 0) is 19.1 Å². The smallest absolute Gasteiger partial charge is 0.371 e. The van der Waals surface area contributed by atoms with E-state index in [-0.39, 0.29) is 5.91 Å². The Labute approximate surface area is 254 Å². The monoisotopic (exact) mass is 609 g/mol. The van der Waals surface area contributed by atoms with Crippen LogP contribution in [0.15, 0.2) is 66.9 Å². The van der Waals surface area contributed by atoms with Crippen LogP contribution in [0.25, 0.3) is 5.65 Å². The predicted octanol–water partition coefficient (Wildman–Crippen LogP) is 7.39. The van der Waals surface area contributed by atoms with Crippen molar-refractivity contribution in [2.75, 3.05) is 36.0 Å². The van der Waals surface area contributed by atoms with E-state index in [9.17, 15) is 18.0 Å². The van der Waals surface area contributed by atoms with Gasteiger partial charge in [0.25, 0.3) is 5.91 Å². The van der Waals surface area contributed by atoms with E-state index in [2.05, 4.69) is 44.4 Å². The molecule has 1 amide bonds. The lowest BCUT2D eigenvalue weighted by Gasteiger charge is -2.48. The number of rotatable bonds is 6. The summed E-state index contributed by atoms with van der Waals surface area (Å²) >= 11 is 6.17. The van der Waals surface area contributed by atoms with Crippen LogP contribution in [0, 0.1) is 5.41 Å². The molecule has 2 aliphatic rings. The number of imidazole rings is 1. The summed E-state index contributed by atoms with van der Waals surface area (Å²) in [5.74, 6) is -0.179. The lowest BCUT2D eigenvalue weighted by molar-refractivity contribution is -0.137. The standard InChI is InChI=1S/C33H35ClF3N5O/c1-2-28-30(42-22-25(34)7-12-29(42)39-28)31(43)38-21-23-3-8-26(9-4-23)40-17-13-32(14-18-40)15-19-41(20-16-32)27-10-5-24(6-11-27)33(35,36)37/h3-12,22H,2,13-21H2,1H3,(H,38,43). The van der Waals surface area contributed by atoms with Crippen molar-refractivity contribution < 1.29 is 18.0 Å². The molecule has 1 N–H and O–H groups in total. The largest absolute Gasteiger partial charge is 0.416 e. The van der Waals surface area contributed by atoms with E-state index >= 15 is 0 Å². The van der Waals surface area contributed by atoms with Gasteiger partial charge in [-0.2, -0.15) is 13.2 Å². The predicted molar refractivity (Wildman–Crippen MR) is 164 cm³/mol. The van der Waals surface area contributed by atoms with E-state index in [1.54, 1.807) is 28.8 Å². The average Bonchev–Trinajstić information content (AvgIpc) is 3.38. The number of carbonyl (C=O) groups excluding carboxylic acids is 1. The fraction of sp³-hybridized carbons (Fsp3) is 0.394. The Morgan fingerprint density at radius 2 is 1.44 bits per heavy atom. The summed E-state index contributed by atoms with van der Waals surface area (Å²) in [6.07, 6.45) is 2.38. The minimum absolute atomic E-state index is 0.179. The molecule has 2 aromatic heterocycles. The number of benzene rings is 2. The van der Waals surface area contributed by atoms with Gasteiger partial charge in [0.2, 0.25) is 0 Å². The number of aromatic nitrogens is 2. The summed E-state index contributed by atoms with van der Waals surface area (Å²) in [4.78, 5) is 22.3. The Hall–Kier alpha value is -3.72. The molecule has 0 saturated carbocycles. The molecule has 4 heterocycles. The van der Waals surface area contributed by atoms with Crippen molar-refractivity contribution in [3.8, 4) is 0 Å². The molecule has 1 spiro atoms. The Balaban J connectivity index is 1.01. The number of anilines is 2. The molecule has 6 nitrogen and oxygen atoms in total. The number of alkyl halides is 3. The molecule has 6 rings (SSSR count). The van der Waals surface area contributed by atoms with Gasteiger partial charge in [-0.1, -0.05) is 30.7 Å². The number of halogens is 4. The summed E-state index contributed by atoms with van der Waals surface area (Å²) in [6.45, 7) is 6.09. The second-order valence-corrected chi connectivity index (χ2v) is 12.1. The number of aryl methyl sites for hydroxylation is 1. The molecule has 0 radical (unpaired) electrons. The minimum Gasteiger partial charge on any atom is -0.371 e. The van der Waals surface area contributed by atoms with E-state index in [0.29, 0.717) is 34.7 Å². The van der Waals surface area contributed by atoms with Gasteiger partial charge in [-0.05, 0) is 91.6 Å². The third-order valence-electron chi connectivity index (χ3n) is 9.17. The normalized spacial score (nSPS) is 17.0. The van der Waals surface area contributed by atoms with Crippen molar-refractivity contribution in [3.05, 3.63) is 94.4 Å². The number of nitrogens with one attached hydrogen (secondary N) is 1. The second kappa shape index (κ2) is 11.8. The van der Waals surface area contributed by atoms with Gasteiger partial charge >= 0.3 is 6.18 Å². The number of carbonyl (C=O) groups is 1. The van der Waals surface area contributed by atoms with Crippen molar-refractivity contribution in [2.45, 2.75) is 51.7 Å². The Bertz CT molecular complexity index is 1580. The molecule has 2 saturated heterocycles. The zero-order valence-corrected chi connectivity index (χ0v) is 24.9. The topological polar surface area (TPSA) is 52.9 Å². The van der Waals surface area contributed by atoms with Crippen LogP contribution in [0.4, 0.5) is 24.5 Å². The number of nitrogens with zero attached hydrogens (tertiary/aromatic N) is 4. The van der Waals surface area contributed by atoms with E-state index in [4.69, 9.17) is 11.6 Å². The Kier molecular flexibility index (Phi) is 8.02. The Morgan fingerprint density at radius 1 is 0.884 bits per heavy atom. The van der Waals surface area contributed by atoms with Crippen molar-refractivity contribution >= 4 is 34.5 Å². The lowest BCUT2D eigenvalue weighted by atomic mass is 9.71. The minimum atomic E-state index is -4.31. The molecule has 43 heavy (non-hydrogen) atoms. The number of hydrogen-bond donors (Lipinski definition) is 1. The highest BCUT2D eigenvalue weighted by molar-refractivity contribution is 6.30. The van der Waals surface area contributed by atoms with Gasteiger partial charge in [-0.25, -0.2) is 4.98 Å². The van der Waals surface area contributed by atoms with Crippen LogP contribution < -0.4 is 15.1 Å². The maximum absolute atomic E-state index is 13.1.